The van der Waals surface area contributed by atoms with E-state index in [-0.39, 0.29) is 12.2 Å². The first-order valence-corrected chi connectivity index (χ1v) is 5.15. The first kappa shape index (κ1) is 11.6. The Bertz CT molecular complexity index is 568. The zero-order valence-electron chi connectivity index (χ0n) is 8.60. The molecule has 0 spiro atoms. The van der Waals surface area contributed by atoms with Gasteiger partial charge in [0, 0.05) is 11.2 Å². The highest BCUT2D eigenvalue weighted by Gasteiger charge is 2.08. The smallest absolute Gasteiger partial charge is 0.356 e. The third kappa shape index (κ3) is 2.62. The summed E-state index contributed by atoms with van der Waals surface area (Å²) in [4.78, 5) is 10.6. The van der Waals surface area contributed by atoms with Crippen molar-refractivity contribution in [1.29, 1.82) is 0 Å². The second kappa shape index (κ2) is 4.55. The van der Waals surface area contributed by atoms with E-state index in [0.717, 1.165) is 0 Å². The van der Waals surface area contributed by atoms with Gasteiger partial charge in [0.2, 0.25) is 0 Å². The lowest BCUT2D eigenvalue weighted by Crippen LogP contribution is -2.04. The fourth-order valence-electron chi connectivity index (χ4n) is 1.40. The molecule has 0 aliphatic rings. The molecule has 2 aromatic rings. The Morgan fingerprint density at radius 1 is 1.47 bits per heavy atom. The van der Waals surface area contributed by atoms with E-state index in [1.54, 1.807) is 0 Å². The van der Waals surface area contributed by atoms with E-state index in [4.69, 9.17) is 16.7 Å². The number of rotatable bonds is 3. The summed E-state index contributed by atoms with van der Waals surface area (Å²) in [7, 11) is 0. The SMILES string of the molecule is O=C(O)c1ccn(Cc2cc(F)ccc2Cl)n1. The number of hydrogen-bond acceptors (Lipinski definition) is 2. The van der Waals surface area contributed by atoms with Gasteiger partial charge < -0.3 is 5.11 Å². The van der Waals surface area contributed by atoms with Crippen molar-refractivity contribution in [2.45, 2.75) is 6.54 Å². The molecule has 0 fully saturated rings. The summed E-state index contributed by atoms with van der Waals surface area (Å²) in [5.74, 6) is -1.50. The van der Waals surface area contributed by atoms with E-state index in [2.05, 4.69) is 5.10 Å². The van der Waals surface area contributed by atoms with Crippen LogP contribution in [0.15, 0.2) is 30.5 Å². The minimum absolute atomic E-state index is 0.0578. The number of carboxylic acid groups (broad SMARTS) is 1. The Balaban J connectivity index is 2.25. The largest absolute Gasteiger partial charge is 0.476 e. The molecule has 0 unspecified atom stereocenters. The molecule has 0 aliphatic heterocycles. The molecule has 0 saturated heterocycles. The predicted molar refractivity (Wildman–Crippen MR) is 59.7 cm³/mol. The van der Waals surface area contributed by atoms with Crippen LogP contribution < -0.4 is 0 Å². The molecule has 4 nitrogen and oxygen atoms in total. The number of aromatic carboxylic acids is 1. The lowest BCUT2D eigenvalue weighted by atomic mass is 10.2. The molecule has 1 heterocycles. The van der Waals surface area contributed by atoms with Crippen molar-refractivity contribution in [3.63, 3.8) is 0 Å². The van der Waals surface area contributed by atoms with Gasteiger partial charge in [-0.2, -0.15) is 5.10 Å². The summed E-state index contributed by atoms with van der Waals surface area (Å²) in [6.07, 6.45) is 1.50. The Hall–Kier alpha value is -1.88. The summed E-state index contributed by atoms with van der Waals surface area (Å²) in [6, 6.07) is 5.38. The molecule has 0 aliphatic carbocycles. The molecule has 0 radical (unpaired) electrons. The van der Waals surface area contributed by atoms with Gasteiger partial charge in [0.15, 0.2) is 5.69 Å². The average Bonchev–Trinajstić information content (AvgIpc) is 2.72. The molecule has 0 atom stereocenters. The van der Waals surface area contributed by atoms with Gasteiger partial charge in [0.1, 0.15) is 5.82 Å². The molecular weight excluding hydrogens is 247 g/mol. The molecule has 0 amide bonds. The van der Waals surface area contributed by atoms with Crippen molar-refractivity contribution < 1.29 is 14.3 Å². The molecule has 88 valence electrons. The molecule has 0 saturated carbocycles. The maximum absolute atomic E-state index is 13.0. The van der Waals surface area contributed by atoms with Gasteiger partial charge >= 0.3 is 5.97 Å². The van der Waals surface area contributed by atoms with Crippen molar-refractivity contribution in [2.75, 3.05) is 0 Å². The number of halogens is 2. The third-order valence-corrected chi connectivity index (χ3v) is 2.57. The number of aromatic nitrogens is 2. The van der Waals surface area contributed by atoms with Gasteiger partial charge in [-0.3, -0.25) is 4.68 Å². The molecule has 1 N–H and O–H groups in total. The lowest BCUT2D eigenvalue weighted by molar-refractivity contribution is 0.0689. The minimum atomic E-state index is -1.10. The fourth-order valence-corrected chi connectivity index (χ4v) is 1.58. The van der Waals surface area contributed by atoms with Gasteiger partial charge in [-0.1, -0.05) is 11.6 Å². The maximum atomic E-state index is 13.0. The highest BCUT2D eigenvalue weighted by molar-refractivity contribution is 6.31. The van der Waals surface area contributed by atoms with Gasteiger partial charge in [0.05, 0.1) is 6.54 Å². The van der Waals surface area contributed by atoms with Crippen LogP contribution >= 0.6 is 11.6 Å². The second-order valence-electron chi connectivity index (χ2n) is 3.44. The van der Waals surface area contributed by atoms with Gasteiger partial charge in [0.25, 0.3) is 0 Å². The molecule has 1 aromatic heterocycles. The molecule has 2 rings (SSSR count). The van der Waals surface area contributed by atoms with Crippen LogP contribution in [-0.2, 0) is 6.54 Å². The van der Waals surface area contributed by atoms with Gasteiger partial charge in [-0.25, -0.2) is 9.18 Å². The lowest BCUT2D eigenvalue weighted by Gasteiger charge is -2.04. The van der Waals surface area contributed by atoms with E-state index >= 15 is 0 Å². The minimum Gasteiger partial charge on any atom is -0.476 e. The molecular formula is C11H8ClFN2O2. The van der Waals surface area contributed by atoms with Gasteiger partial charge in [-0.15, -0.1) is 0 Å². The number of carbonyl (C=O) groups is 1. The monoisotopic (exact) mass is 254 g/mol. The second-order valence-corrected chi connectivity index (χ2v) is 3.85. The topological polar surface area (TPSA) is 55.1 Å². The standard InChI is InChI=1S/C11H8ClFN2O2/c12-9-2-1-8(13)5-7(9)6-15-4-3-10(14-15)11(16)17/h1-5H,6H2,(H,16,17). The van der Waals surface area contributed by atoms with E-state index in [1.807, 2.05) is 0 Å². The quantitative estimate of drug-likeness (QED) is 0.915. The molecule has 1 aromatic carbocycles. The van der Waals surface area contributed by atoms with Crippen molar-refractivity contribution in [2.24, 2.45) is 0 Å². The Labute approximate surface area is 101 Å². The Morgan fingerprint density at radius 2 is 2.24 bits per heavy atom. The normalized spacial score (nSPS) is 10.5. The molecule has 6 heteroatoms. The maximum Gasteiger partial charge on any atom is 0.356 e. The van der Waals surface area contributed by atoms with Crippen LogP contribution in [0.25, 0.3) is 0 Å². The third-order valence-electron chi connectivity index (χ3n) is 2.20. The van der Waals surface area contributed by atoms with Crippen LogP contribution in [0.3, 0.4) is 0 Å². The van der Waals surface area contributed by atoms with Crippen molar-refractivity contribution >= 4 is 17.6 Å². The summed E-state index contributed by atoms with van der Waals surface area (Å²) >= 11 is 5.89. The average molecular weight is 255 g/mol. The van der Waals surface area contributed by atoms with Gasteiger partial charge in [-0.05, 0) is 29.8 Å². The zero-order valence-corrected chi connectivity index (χ0v) is 9.36. The zero-order chi connectivity index (χ0) is 12.4. The predicted octanol–water partition coefficient (Wildman–Crippen LogP) is 2.42. The number of hydrogen-bond donors (Lipinski definition) is 1. The summed E-state index contributed by atoms with van der Waals surface area (Å²) < 4.78 is 14.4. The Kier molecular flexibility index (Phi) is 3.10. The van der Waals surface area contributed by atoms with E-state index < -0.39 is 11.8 Å². The van der Waals surface area contributed by atoms with Crippen molar-refractivity contribution in [3.05, 3.63) is 52.6 Å². The van der Waals surface area contributed by atoms with Crippen LogP contribution in [0.5, 0.6) is 0 Å². The number of nitrogens with zero attached hydrogens (tertiary/aromatic N) is 2. The van der Waals surface area contributed by atoms with Crippen LogP contribution in [0.2, 0.25) is 5.02 Å². The van der Waals surface area contributed by atoms with Crippen molar-refractivity contribution in [1.82, 2.24) is 9.78 Å². The Morgan fingerprint density at radius 3 is 2.88 bits per heavy atom. The molecule has 0 bridgehead atoms. The van der Waals surface area contributed by atoms with Crippen LogP contribution in [-0.4, -0.2) is 20.9 Å². The number of carboxylic acids is 1. The first-order valence-electron chi connectivity index (χ1n) is 4.77. The van der Waals surface area contributed by atoms with Crippen LogP contribution in [0.4, 0.5) is 4.39 Å². The van der Waals surface area contributed by atoms with Crippen LogP contribution in [0.1, 0.15) is 16.1 Å². The highest BCUT2D eigenvalue weighted by Crippen LogP contribution is 2.18. The summed E-state index contributed by atoms with van der Waals surface area (Å²) in [5.41, 5.74) is 0.490. The van der Waals surface area contributed by atoms with E-state index in [0.29, 0.717) is 10.6 Å². The summed E-state index contributed by atoms with van der Waals surface area (Å²) in [6.45, 7) is 0.226. The summed E-state index contributed by atoms with van der Waals surface area (Å²) in [5, 5.41) is 12.9. The first-order chi connectivity index (χ1) is 8.06. The highest BCUT2D eigenvalue weighted by atomic mass is 35.5. The number of benzene rings is 1. The van der Waals surface area contributed by atoms with E-state index in [9.17, 15) is 9.18 Å². The fraction of sp³-hybridized carbons (Fsp3) is 0.0909. The van der Waals surface area contributed by atoms with Crippen LogP contribution in [0, 0.1) is 5.82 Å². The van der Waals surface area contributed by atoms with E-state index in [1.165, 1.54) is 35.1 Å². The van der Waals surface area contributed by atoms with Crippen molar-refractivity contribution in [3.8, 4) is 0 Å². The molecule has 17 heavy (non-hydrogen) atoms.